The summed E-state index contributed by atoms with van der Waals surface area (Å²) >= 11 is 0. The van der Waals surface area contributed by atoms with E-state index in [1.54, 1.807) is 6.07 Å². The quantitative estimate of drug-likeness (QED) is 0.601. The van der Waals surface area contributed by atoms with E-state index in [9.17, 15) is 9.70 Å². The fraction of sp³-hybridized carbons (Fsp3) is 0.588. The summed E-state index contributed by atoms with van der Waals surface area (Å²) < 4.78 is 6.16. The van der Waals surface area contributed by atoms with Gasteiger partial charge in [-0.15, -0.1) is 0 Å². The SMILES string of the molecule is CC(C)(C)OC(=O)CN1CCN(Cc2cccc([N+](=O)P)c2)CC1. The Hall–Kier alpha value is -1.36. The Labute approximate surface area is 146 Å². The zero-order valence-corrected chi connectivity index (χ0v) is 15.9. The molecule has 0 bridgehead atoms. The first-order valence-electron chi connectivity index (χ1n) is 8.20. The maximum Gasteiger partial charge on any atom is 0.320 e. The molecule has 1 unspecified atom stereocenters. The molecule has 7 heteroatoms. The van der Waals surface area contributed by atoms with Gasteiger partial charge in [0.2, 0.25) is 9.39 Å². The van der Waals surface area contributed by atoms with Crippen molar-refractivity contribution in [1.29, 1.82) is 0 Å². The van der Waals surface area contributed by atoms with E-state index in [1.807, 2.05) is 39.0 Å². The van der Waals surface area contributed by atoms with Gasteiger partial charge in [0.15, 0.2) is 0 Å². The van der Waals surface area contributed by atoms with Crippen LogP contribution in [0.4, 0.5) is 5.69 Å². The minimum atomic E-state index is -0.434. The van der Waals surface area contributed by atoms with Gasteiger partial charge in [-0.2, -0.15) is 0 Å². The summed E-state index contributed by atoms with van der Waals surface area (Å²) in [7, 11) is 2.13. The first kappa shape index (κ1) is 19.0. The van der Waals surface area contributed by atoms with Crippen LogP contribution < -0.4 is 0 Å². The summed E-state index contributed by atoms with van der Waals surface area (Å²) in [4.78, 5) is 27.7. The predicted molar refractivity (Wildman–Crippen MR) is 97.0 cm³/mol. The van der Waals surface area contributed by atoms with E-state index in [4.69, 9.17) is 4.74 Å². The van der Waals surface area contributed by atoms with Crippen LogP contribution in [0.2, 0.25) is 0 Å². The second kappa shape index (κ2) is 8.15. The number of ether oxygens (including phenoxy) is 1. The Morgan fingerprint density at radius 3 is 2.42 bits per heavy atom. The summed E-state index contributed by atoms with van der Waals surface area (Å²) in [5.74, 6) is -0.167. The van der Waals surface area contributed by atoms with Gasteiger partial charge in [-0.1, -0.05) is 12.1 Å². The lowest BCUT2D eigenvalue weighted by Gasteiger charge is -2.34. The van der Waals surface area contributed by atoms with Crippen molar-refractivity contribution in [3.05, 3.63) is 34.7 Å². The van der Waals surface area contributed by atoms with Crippen LogP contribution in [0, 0.1) is 4.91 Å². The van der Waals surface area contributed by atoms with Crippen molar-refractivity contribution in [2.45, 2.75) is 32.9 Å². The van der Waals surface area contributed by atoms with Crippen molar-refractivity contribution in [1.82, 2.24) is 9.80 Å². The van der Waals surface area contributed by atoms with E-state index in [0.29, 0.717) is 12.2 Å². The summed E-state index contributed by atoms with van der Waals surface area (Å²) in [6.07, 6.45) is 0. The summed E-state index contributed by atoms with van der Waals surface area (Å²) in [6, 6.07) is 7.64. The number of esters is 1. The van der Waals surface area contributed by atoms with Crippen molar-refractivity contribution in [2.24, 2.45) is 0 Å². The molecule has 1 aromatic carbocycles. The average molecular weight is 352 g/mol. The molecule has 0 amide bonds. The van der Waals surface area contributed by atoms with E-state index in [-0.39, 0.29) is 5.97 Å². The van der Waals surface area contributed by atoms with Gasteiger partial charge >= 0.3 is 5.97 Å². The second-order valence-corrected chi connectivity index (χ2v) is 7.60. The lowest BCUT2D eigenvalue weighted by atomic mass is 10.1. The van der Waals surface area contributed by atoms with Gasteiger partial charge in [0.25, 0.3) is 5.69 Å². The van der Waals surface area contributed by atoms with Crippen molar-refractivity contribution >= 4 is 21.0 Å². The van der Waals surface area contributed by atoms with E-state index >= 15 is 0 Å². The average Bonchev–Trinajstić information content (AvgIpc) is 2.47. The Bertz CT molecular complexity index is 593. The normalized spacial score (nSPS) is 16.8. The van der Waals surface area contributed by atoms with Gasteiger partial charge in [-0.25, -0.2) is 0 Å². The van der Waals surface area contributed by atoms with Crippen LogP contribution in [0.15, 0.2) is 24.3 Å². The zero-order valence-electron chi connectivity index (χ0n) is 14.7. The maximum atomic E-state index is 11.9. The van der Waals surface area contributed by atoms with Crippen molar-refractivity contribution in [3.8, 4) is 0 Å². The number of nitroso groups, excluding NO2 is 1. The number of carbonyl (C=O) groups is 1. The number of hydrogen-bond acceptors (Lipinski definition) is 5. The molecule has 132 valence electrons. The number of nitrogens with zero attached hydrogens (tertiary/aromatic N) is 3. The topological polar surface area (TPSA) is 52.9 Å². The third-order valence-corrected chi connectivity index (χ3v) is 4.11. The lowest BCUT2D eigenvalue weighted by Crippen LogP contribution is -2.48. The molecule has 1 aliphatic heterocycles. The van der Waals surface area contributed by atoms with Gasteiger partial charge in [-0.3, -0.25) is 14.6 Å². The van der Waals surface area contributed by atoms with Gasteiger partial charge in [0.1, 0.15) is 5.60 Å². The predicted octanol–water partition coefficient (Wildman–Crippen LogP) is 2.35. The number of hydrogen-bond donors (Lipinski definition) is 0. The molecule has 1 aliphatic rings. The highest BCUT2D eigenvalue weighted by molar-refractivity contribution is 7.08. The van der Waals surface area contributed by atoms with Crippen LogP contribution in [-0.2, 0) is 16.1 Å². The minimum absolute atomic E-state index is 0.167. The van der Waals surface area contributed by atoms with Gasteiger partial charge in [0, 0.05) is 54.3 Å². The molecule has 1 aromatic rings. The monoisotopic (exact) mass is 352 g/mol. The van der Waals surface area contributed by atoms with E-state index in [1.165, 1.54) is 0 Å². The Balaban J connectivity index is 1.80. The highest BCUT2D eigenvalue weighted by atomic mass is 31.0. The van der Waals surface area contributed by atoms with Crippen LogP contribution in [0.3, 0.4) is 0 Å². The molecule has 0 aliphatic carbocycles. The zero-order chi connectivity index (χ0) is 17.7. The third-order valence-electron chi connectivity index (χ3n) is 3.81. The molecule has 1 saturated heterocycles. The molecule has 0 saturated carbocycles. The van der Waals surface area contributed by atoms with Crippen LogP contribution in [0.25, 0.3) is 0 Å². The molecule has 24 heavy (non-hydrogen) atoms. The Morgan fingerprint density at radius 2 is 1.83 bits per heavy atom. The lowest BCUT2D eigenvalue weighted by molar-refractivity contribution is -0.269. The second-order valence-electron chi connectivity index (χ2n) is 7.13. The van der Waals surface area contributed by atoms with Gasteiger partial charge in [-0.05, 0) is 26.3 Å². The summed E-state index contributed by atoms with van der Waals surface area (Å²) in [5.41, 5.74) is 1.33. The standard InChI is InChI=1S/C17H27N3O3P/c1-17(2,3)23-16(21)13-19-9-7-18(8-10-19)12-14-5-4-6-15(11-14)20(22)24/h4-6,11H,7-10,12-13,24H2,1-3H3/q+1. The Kier molecular flexibility index (Phi) is 6.44. The van der Waals surface area contributed by atoms with E-state index in [2.05, 4.69) is 19.2 Å². The number of benzene rings is 1. The molecule has 0 radical (unpaired) electrons. The van der Waals surface area contributed by atoms with E-state index < -0.39 is 5.60 Å². The molecule has 1 atom stereocenters. The van der Waals surface area contributed by atoms with Crippen LogP contribution in [0.5, 0.6) is 0 Å². The number of piperazine rings is 1. The van der Waals surface area contributed by atoms with Crippen molar-refractivity contribution in [3.63, 3.8) is 0 Å². The molecular formula is C17H27N3O3P+. The first-order valence-corrected chi connectivity index (χ1v) is 8.72. The molecule has 0 spiro atoms. The largest absolute Gasteiger partial charge is 0.459 e. The third kappa shape index (κ3) is 6.27. The highest BCUT2D eigenvalue weighted by Gasteiger charge is 2.22. The highest BCUT2D eigenvalue weighted by Crippen LogP contribution is 2.18. The molecule has 0 aromatic heterocycles. The van der Waals surface area contributed by atoms with Crippen molar-refractivity contribution in [2.75, 3.05) is 32.7 Å². The first-order chi connectivity index (χ1) is 11.2. The van der Waals surface area contributed by atoms with Gasteiger partial charge < -0.3 is 4.74 Å². The number of carbonyl (C=O) groups excluding carboxylic acids is 1. The van der Waals surface area contributed by atoms with Crippen LogP contribution in [0.1, 0.15) is 26.3 Å². The fourth-order valence-electron chi connectivity index (χ4n) is 2.71. The van der Waals surface area contributed by atoms with Gasteiger partial charge in [0.05, 0.1) is 6.54 Å². The molecule has 1 fully saturated rings. The molecule has 2 rings (SSSR count). The van der Waals surface area contributed by atoms with E-state index in [0.717, 1.165) is 42.8 Å². The van der Waals surface area contributed by atoms with Crippen LogP contribution >= 0.6 is 9.39 Å². The summed E-state index contributed by atoms with van der Waals surface area (Å²) in [5, 5.41) is 0. The molecule has 1 heterocycles. The fourth-order valence-corrected chi connectivity index (χ4v) is 2.87. The molecule has 6 nitrogen and oxygen atoms in total. The summed E-state index contributed by atoms with van der Waals surface area (Å²) in [6.45, 7) is 10.3. The van der Waals surface area contributed by atoms with Crippen LogP contribution in [-0.4, -0.2) is 58.6 Å². The maximum absolute atomic E-state index is 11.9. The van der Waals surface area contributed by atoms with Crippen molar-refractivity contribution < 1.29 is 14.1 Å². The molecule has 0 N–H and O–H groups in total. The smallest absolute Gasteiger partial charge is 0.320 e. The Morgan fingerprint density at radius 1 is 1.21 bits per heavy atom. The minimum Gasteiger partial charge on any atom is -0.459 e. The molecular weight excluding hydrogens is 325 g/mol. The number of rotatable bonds is 5.